The number of carbonyl (C=O) groups excluding carboxylic acids is 1. The van der Waals surface area contributed by atoms with E-state index in [4.69, 9.17) is 4.74 Å². The molecule has 0 aliphatic carbocycles. The summed E-state index contributed by atoms with van der Waals surface area (Å²) in [4.78, 5) is 16.9. The summed E-state index contributed by atoms with van der Waals surface area (Å²) >= 11 is 3.40. The highest BCUT2D eigenvalue weighted by atomic mass is 79.9. The van der Waals surface area contributed by atoms with Crippen LogP contribution < -0.4 is 4.74 Å². The second-order valence-electron chi connectivity index (χ2n) is 6.15. The van der Waals surface area contributed by atoms with Crippen molar-refractivity contribution in [2.45, 2.75) is 13.5 Å². The summed E-state index contributed by atoms with van der Waals surface area (Å²) in [6, 6.07) is 15.8. The third kappa shape index (κ3) is 4.83. The van der Waals surface area contributed by atoms with Gasteiger partial charge < -0.3 is 9.64 Å². The molecule has 0 bridgehead atoms. The number of hydrogen-bond acceptors (Lipinski definition) is 3. The second kappa shape index (κ2) is 8.50. The summed E-state index contributed by atoms with van der Waals surface area (Å²) in [6.07, 6.45) is 0. The van der Waals surface area contributed by atoms with Crippen LogP contribution in [0, 0.1) is 0 Å². The van der Waals surface area contributed by atoms with Gasteiger partial charge in [0.15, 0.2) is 0 Å². The summed E-state index contributed by atoms with van der Waals surface area (Å²) in [6.45, 7) is 6.92. The fraction of sp³-hybridized carbons (Fsp3) is 0.350. The quantitative estimate of drug-likeness (QED) is 0.762. The molecule has 0 radical (unpaired) electrons. The number of hydrogen-bond donors (Lipinski definition) is 0. The molecular weight excluding hydrogens is 380 g/mol. The molecule has 0 unspecified atom stereocenters. The van der Waals surface area contributed by atoms with Crippen molar-refractivity contribution in [1.29, 1.82) is 0 Å². The molecule has 1 heterocycles. The Kier molecular flexibility index (Phi) is 6.10. The molecule has 1 aliphatic heterocycles. The molecule has 0 spiro atoms. The maximum atomic E-state index is 12.6. The van der Waals surface area contributed by atoms with Crippen molar-refractivity contribution in [1.82, 2.24) is 9.80 Å². The maximum Gasteiger partial charge on any atom is 0.253 e. The van der Waals surface area contributed by atoms with E-state index in [-0.39, 0.29) is 5.91 Å². The Morgan fingerprint density at radius 2 is 1.64 bits per heavy atom. The molecule has 0 saturated carbocycles. The van der Waals surface area contributed by atoms with Crippen LogP contribution in [0.2, 0.25) is 0 Å². The Morgan fingerprint density at radius 3 is 2.24 bits per heavy atom. The van der Waals surface area contributed by atoms with Crippen molar-refractivity contribution < 1.29 is 9.53 Å². The molecule has 25 heavy (non-hydrogen) atoms. The molecule has 4 nitrogen and oxygen atoms in total. The first kappa shape index (κ1) is 18.0. The third-order valence-corrected chi connectivity index (χ3v) is 4.92. The number of carbonyl (C=O) groups is 1. The average Bonchev–Trinajstić information content (AvgIpc) is 2.64. The van der Waals surface area contributed by atoms with Gasteiger partial charge in [0.1, 0.15) is 5.75 Å². The molecule has 132 valence electrons. The van der Waals surface area contributed by atoms with Gasteiger partial charge in [-0.2, -0.15) is 0 Å². The van der Waals surface area contributed by atoms with E-state index in [2.05, 4.69) is 33.0 Å². The Balaban J connectivity index is 1.51. The highest BCUT2D eigenvalue weighted by Crippen LogP contribution is 2.16. The van der Waals surface area contributed by atoms with Gasteiger partial charge in [0.2, 0.25) is 0 Å². The minimum atomic E-state index is 0.119. The molecule has 0 N–H and O–H groups in total. The molecule has 1 aliphatic rings. The number of amides is 1. The monoisotopic (exact) mass is 402 g/mol. The molecule has 2 aromatic carbocycles. The van der Waals surface area contributed by atoms with E-state index in [9.17, 15) is 4.79 Å². The van der Waals surface area contributed by atoms with Crippen LogP contribution in [0.25, 0.3) is 0 Å². The minimum absolute atomic E-state index is 0.119. The first-order valence-corrected chi connectivity index (χ1v) is 9.44. The van der Waals surface area contributed by atoms with Crippen LogP contribution in [0.1, 0.15) is 22.8 Å². The maximum absolute atomic E-state index is 12.6. The van der Waals surface area contributed by atoms with E-state index in [1.807, 2.05) is 48.2 Å². The summed E-state index contributed by atoms with van der Waals surface area (Å²) in [5, 5.41) is 0. The smallest absolute Gasteiger partial charge is 0.253 e. The topological polar surface area (TPSA) is 32.8 Å². The zero-order chi connectivity index (χ0) is 17.6. The largest absolute Gasteiger partial charge is 0.494 e. The van der Waals surface area contributed by atoms with Crippen LogP contribution in [-0.2, 0) is 6.54 Å². The molecule has 5 heteroatoms. The highest BCUT2D eigenvalue weighted by Gasteiger charge is 2.22. The van der Waals surface area contributed by atoms with Crippen molar-refractivity contribution in [3.05, 3.63) is 64.1 Å². The van der Waals surface area contributed by atoms with Gasteiger partial charge in [0.05, 0.1) is 6.61 Å². The van der Waals surface area contributed by atoms with Crippen molar-refractivity contribution in [3.8, 4) is 5.75 Å². The lowest BCUT2D eigenvalue weighted by molar-refractivity contribution is 0.0628. The van der Waals surface area contributed by atoms with E-state index < -0.39 is 0 Å². The van der Waals surface area contributed by atoms with Gasteiger partial charge in [-0.15, -0.1) is 0 Å². The van der Waals surface area contributed by atoms with Gasteiger partial charge in [-0.05, 0) is 48.9 Å². The minimum Gasteiger partial charge on any atom is -0.494 e. The van der Waals surface area contributed by atoms with E-state index in [0.717, 1.165) is 48.5 Å². The van der Waals surface area contributed by atoms with E-state index in [1.54, 1.807) is 0 Å². The normalized spacial score (nSPS) is 15.2. The van der Waals surface area contributed by atoms with Gasteiger partial charge in [-0.3, -0.25) is 9.69 Å². The molecular formula is C20H23BrN2O2. The summed E-state index contributed by atoms with van der Waals surface area (Å²) in [5.41, 5.74) is 2.03. The third-order valence-electron chi connectivity index (χ3n) is 4.39. The Labute approximate surface area is 157 Å². The SMILES string of the molecule is CCOc1ccc(CN2CCN(C(=O)c3ccc(Br)cc3)CC2)cc1. The van der Waals surface area contributed by atoms with Crippen LogP contribution in [-0.4, -0.2) is 48.5 Å². The zero-order valence-corrected chi connectivity index (χ0v) is 16.0. The van der Waals surface area contributed by atoms with Crippen LogP contribution in [0.3, 0.4) is 0 Å². The lowest BCUT2D eigenvalue weighted by Gasteiger charge is -2.34. The lowest BCUT2D eigenvalue weighted by Crippen LogP contribution is -2.48. The van der Waals surface area contributed by atoms with Crippen molar-refractivity contribution >= 4 is 21.8 Å². The van der Waals surface area contributed by atoms with Gasteiger partial charge in [-0.1, -0.05) is 28.1 Å². The highest BCUT2D eigenvalue weighted by molar-refractivity contribution is 9.10. The molecule has 1 fully saturated rings. The fourth-order valence-electron chi connectivity index (χ4n) is 3.00. The standard InChI is InChI=1S/C20H23BrN2O2/c1-2-25-19-9-3-16(4-10-19)15-22-11-13-23(14-12-22)20(24)17-5-7-18(21)8-6-17/h3-10H,2,11-15H2,1H3. The van der Waals surface area contributed by atoms with E-state index in [1.165, 1.54) is 5.56 Å². The molecule has 1 amide bonds. The molecule has 0 atom stereocenters. The number of halogens is 1. The predicted octanol–water partition coefficient (Wildman–Crippen LogP) is 3.81. The number of nitrogens with zero attached hydrogens (tertiary/aromatic N) is 2. The van der Waals surface area contributed by atoms with Crippen molar-refractivity contribution in [2.24, 2.45) is 0 Å². The molecule has 1 saturated heterocycles. The van der Waals surface area contributed by atoms with Crippen LogP contribution in [0.4, 0.5) is 0 Å². The molecule has 2 aromatic rings. The molecule has 0 aromatic heterocycles. The summed E-state index contributed by atoms with van der Waals surface area (Å²) in [7, 11) is 0. The first-order valence-electron chi connectivity index (χ1n) is 8.64. The molecule has 3 rings (SSSR count). The second-order valence-corrected chi connectivity index (χ2v) is 7.07. The number of ether oxygens (including phenoxy) is 1. The van der Waals surface area contributed by atoms with Crippen LogP contribution in [0.5, 0.6) is 5.75 Å². The number of piperazine rings is 1. The predicted molar refractivity (Wildman–Crippen MR) is 103 cm³/mol. The van der Waals surface area contributed by atoms with Crippen LogP contribution >= 0.6 is 15.9 Å². The zero-order valence-electron chi connectivity index (χ0n) is 14.5. The van der Waals surface area contributed by atoms with Crippen molar-refractivity contribution in [3.63, 3.8) is 0 Å². The van der Waals surface area contributed by atoms with E-state index in [0.29, 0.717) is 6.61 Å². The van der Waals surface area contributed by atoms with Crippen LogP contribution in [0.15, 0.2) is 53.0 Å². The van der Waals surface area contributed by atoms with Gasteiger partial charge in [0.25, 0.3) is 5.91 Å². The lowest BCUT2D eigenvalue weighted by atomic mass is 10.1. The van der Waals surface area contributed by atoms with Gasteiger partial charge >= 0.3 is 0 Å². The number of rotatable bonds is 5. The number of benzene rings is 2. The Morgan fingerprint density at radius 1 is 1.00 bits per heavy atom. The summed E-state index contributed by atoms with van der Waals surface area (Å²) < 4.78 is 6.47. The van der Waals surface area contributed by atoms with Gasteiger partial charge in [-0.25, -0.2) is 0 Å². The van der Waals surface area contributed by atoms with E-state index >= 15 is 0 Å². The Hall–Kier alpha value is -1.85. The Bertz CT molecular complexity index is 693. The fourth-order valence-corrected chi connectivity index (χ4v) is 3.26. The summed E-state index contributed by atoms with van der Waals surface area (Å²) in [5.74, 6) is 1.03. The van der Waals surface area contributed by atoms with Crippen molar-refractivity contribution in [2.75, 3.05) is 32.8 Å². The average molecular weight is 403 g/mol. The first-order chi connectivity index (χ1) is 12.2. The van der Waals surface area contributed by atoms with Gasteiger partial charge in [0, 0.05) is 42.8 Å².